The van der Waals surface area contributed by atoms with Crippen LogP contribution in [0.3, 0.4) is 0 Å². The lowest BCUT2D eigenvalue weighted by Crippen LogP contribution is -2.50. The van der Waals surface area contributed by atoms with E-state index in [1.165, 1.54) is 24.1 Å². The molecule has 1 N–H and O–H groups in total. The van der Waals surface area contributed by atoms with E-state index < -0.39 is 28.5 Å². The zero-order chi connectivity index (χ0) is 25.6. The molecule has 0 aliphatic rings. The molecule has 0 unspecified atom stereocenters. The van der Waals surface area contributed by atoms with Crippen molar-refractivity contribution in [2.24, 2.45) is 0 Å². The molecule has 0 fully saturated rings. The molecule has 3 aromatic carbocycles. The summed E-state index contributed by atoms with van der Waals surface area (Å²) < 4.78 is 28.3. The summed E-state index contributed by atoms with van der Waals surface area (Å²) in [5.74, 6) is -0.894. The molecule has 9 heteroatoms. The summed E-state index contributed by atoms with van der Waals surface area (Å²) in [7, 11) is -2.58. The van der Waals surface area contributed by atoms with Crippen molar-refractivity contribution in [3.05, 3.63) is 95.0 Å². The normalized spacial score (nSPS) is 12.0. The lowest BCUT2D eigenvalue weighted by Gasteiger charge is -2.31. The molecule has 0 saturated carbocycles. The van der Waals surface area contributed by atoms with Gasteiger partial charge in [0.1, 0.15) is 12.6 Å². The van der Waals surface area contributed by atoms with Gasteiger partial charge in [0.25, 0.3) is 10.0 Å². The smallest absolute Gasteiger partial charge is 0.264 e. The number of rotatable bonds is 9. The molecule has 0 heterocycles. The second-order valence-corrected chi connectivity index (χ2v) is 10.4. The first kappa shape index (κ1) is 26.2. The van der Waals surface area contributed by atoms with Crippen LogP contribution in [0.15, 0.2) is 83.8 Å². The topological polar surface area (TPSA) is 86.8 Å². The van der Waals surface area contributed by atoms with Crippen molar-refractivity contribution >= 4 is 39.1 Å². The first-order chi connectivity index (χ1) is 16.6. The predicted octanol–water partition coefficient (Wildman–Crippen LogP) is 4.01. The standard InChI is InChI=1S/C26H28ClN3O4S/c1-19-12-14-23(15-13-19)30(35(33,34)24-10-5-4-6-11-24)18-25(31)29(20(2)26(32)28-3)17-21-8-7-9-22(27)16-21/h4-16,20H,17-18H2,1-3H3,(H,28,32)/t20-/m1/s1. The van der Waals surface area contributed by atoms with Crippen LogP contribution in [0.25, 0.3) is 0 Å². The minimum absolute atomic E-state index is 0.0640. The Bertz CT molecular complexity index is 1280. The molecular weight excluding hydrogens is 486 g/mol. The number of nitrogens with one attached hydrogen (secondary N) is 1. The Morgan fingerprint density at radius 2 is 1.63 bits per heavy atom. The molecule has 1 atom stereocenters. The average Bonchev–Trinajstić information content (AvgIpc) is 2.86. The molecule has 3 aromatic rings. The van der Waals surface area contributed by atoms with Crippen molar-refractivity contribution in [3.8, 4) is 0 Å². The van der Waals surface area contributed by atoms with Crippen LogP contribution in [-0.2, 0) is 26.2 Å². The fourth-order valence-corrected chi connectivity index (χ4v) is 5.23. The second kappa shape index (κ2) is 11.4. The van der Waals surface area contributed by atoms with E-state index in [4.69, 9.17) is 11.6 Å². The number of hydrogen-bond acceptors (Lipinski definition) is 4. The Labute approximate surface area is 211 Å². The molecule has 0 aromatic heterocycles. The maximum Gasteiger partial charge on any atom is 0.264 e. The fourth-order valence-electron chi connectivity index (χ4n) is 3.58. The van der Waals surface area contributed by atoms with Crippen molar-refractivity contribution < 1.29 is 18.0 Å². The summed E-state index contributed by atoms with van der Waals surface area (Å²) in [6, 6.07) is 20.9. The van der Waals surface area contributed by atoms with Crippen molar-refractivity contribution in [2.75, 3.05) is 17.9 Å². The van der Waals surface area contributed by atoms with E-state index in [0.29, 0.717) is 10.7 Å². The number of amides is 2. The van der Waals surface area contributed by atoms with E-state index in [1.807, 2.05) is 6.92 Å². The summed E-state index contributed by atoms with van der Waals surface area (Å²) in [5.41, 5.74) is 2.02. The molecule has 3 rings (SSSR count). The zero-order valence-corrected chi connectivity index (χ0v) is 21.4. The minimum Gasteiger partial charge on any atom is -0.357 e. The number of carbonyl (C=O) groups is 2. The molecule has 7 nitrogen and oxygen atoms in total. The van der Waals surface area contributed by atoms with Gasteiger partial charge in [-0.2, -0.15) is 0 Å². The average molecular weight is 514 g/mol. The molecule has 0 bridgehead atoms. The monoisotopic (exact) mass is 513 g/mol. The number of likely N-dealkylation sites (N-methyl/N-ethyl adjacent to an activating group) is 1. The third-order valence-electron chi connectivity index (χ3n) is 5.59. The van der Waals surface area contributed by atoms with Crippen LogP contribution in [0.4, 0.5) is 5.69 Å². The van der Waals surface area contributed by atoms with Crippen LogP contribution in [0.1, 0.15) is 18.1 Å². The number of benzene rings is 3. The summed E-state index contributed by atoms with van der Waals surface area (Å²) in [6.07, 6.45) is 0. The van der Waals surface area contributed by atoms with Gasteiger partial charge in [-0.05, 0) is 55.8 Å². The highest BCUT2D eigenvalue weighted by Gasteiger charge is 2.32. The Morgan fingerprint density at radius 1 is 0.971 bits per heavy atom. The second-order valence-electron chi connectivity index (χ2n) is 8.10. The third kappa shape index (κ3) is 6.41. The van der Waals surface area contributed by atoms with Gasteiger partial charge >= 0.3 is 0 Å². The number of aryl methyl sites for hydroxylation is 1. The zero-order valence-electron chi connectivity index (χ0n) is 19.8. The van der Waals surface area contributed by atoms with Gasteiger partial charge in [-0.15, -0.1) is 0 Å². The van der Waals surface area contributed by atoms with Gasteiger partial charge in [-0.1, -0.05) is 59.6 Å². The molecule has 0 spiro atoms. The molecule has 0 radical (unpaired) electrons. The van der Waals surface area contributed by atoms with E-state index in [1.54, 1.807) is 73.7 Å². The Kier molecular flexibility index (Phi) is 8.53. The summed E-state index contributed by atoms with van der Waals surface area (Å²) in [6.45, 7) is 3.09. The molecule has 0 saturated heterocycles. The minimum atomic E-state index is -4.06. The molecule has 35 heavy (non-hydrogen) atoms. The quantitative estimate of drug-likeness (QED) is 0.468. The van der Waals surface area contributed by atoms with E-state index in [2.05, 4.69) is 5.32 Å². The molecule has 0 aliphatic heterocycles. The first-order valence-electron chi connectivity index (χ1n) is 11.0. The van der Waals surface area contributed by atoms with Crippen molar-refractivity contribution in [3.63, 3.8) is 0 Å². The predicted molar refractivity (Wildman–Crippen MR) is 138 cm³/mol. The summed E-state index contributed by atoms with van der Waals surface area (Å²) in [4.78, 5) is 27.5. The van der Waals surface area contributed by atoms with Crippen molar-refractivity contribution in [2.45, 2.75) is 31.3 Å². The van der Waals surface area contributed by atoms with Crippen LogP contribution in [0.2, 0.25) is 5.02 Å². The summed E-state index contributed by atoms with van der Waals surface area (Å²) in [5, 5.41) is 3.05. The SMILES string of the molecule is CNC(=O)[C@@H](C)N(Cc1cccc(Cl)c1)C(=O)CN(c1ccc(C)cc1)S(=O)(=O)c1ccccc1. The van der Waals surface area contributed by atoms with Gasteiger partial charge in [0.2, 0.25) is 11.8 Å². The largest absolute Gasteiger partial charge is 0.357 e. The highest BCUT2D eigenvalue weighted by Crippen LogP contribution is 2.25. The Balaban J connectivity index is 2.01. The highest BCUT2D eigenvalue weighted by atomic mass is 35.5. The lowest BCUT2D eigenvalue weighted by molar-refractivity contribution is -0.139. The Hall–Kier alpha value is -3.36. The number of sulfonamides is 1. The van der Waals surface area contributed by atoms with Crippen LogP contribution < -0.4 is 9.62 Å². The number of anilines is 1. The number of nitrogens with zero attached hydrogens (tertiary/aromatic N) is 2. The van der Waals surface area contributed by atoms with E-state index in [-0.39, 0.29) is 17.3 Å². The molecular formula is C26H28ClN3O4S. The summed E-state index contributed by atoms with van der Waals surface area (Å²) >= 11 is 6.11. The van der Waals surface area contributed by atoms with E-state index in [9.17, 15) is 18.0 Å². The van der Waals surface area contributed by atoms with Gasteiger partial charge in [0.05, 0.1) is 10.6 Å². The molecule has 184 valence electrons. The maximum absolute atomic E-state index is 13.6. The van der Waals surface area contributed by atoms with Crippen LogP contribution in [-0.4, -0.2) is 44.8 Å². The van der Waals surface area contributed by atoms with E-state index >= 15 is 0 Å². The van der Waals surface area contributed by atoms with E-state index in [0.717, 1.165) is 15.4 Å². The number of hydrogen-bond donors (Lipinski definition) is 1. The van der Waals surface area contributed by atoms with Gasteiger partial charge < -0.3 is 10.2 Å². The molecule has 0 aliphatic carbocycles. The van der Waals surface area contributed by atoms with Gasteiger partial charge in [-0.3, -0.25) is 13.9 Å². The van der Waals surface area contributed by atoms with Crippen LogP contribution in [0, 0.1) is 6.92 Å². The van der Waals surface area contributed by atoms with Crippen LogP contribution in [0.5, 0.6) is 0 Å². The first-order valence-corrected chi connectivity index (χ1v) is 12.8. The van der Waals surface area contributed by atoms with Crippen LogP contribution >= 0.6 is 11.6 Å². The Morgan fingerprint density at radius 3 is 2.23 bits per heavy atom. The maximum atomic E-state index is 13.6. The number of carbonyl (C=O) groups excluding carboxylic acids is 2. The number of halogens is 1. The van der Waals surface area contributed by atoms with Gasteiger partial charge in [0, 0.05) is 18.6 Å². The highest BCUT2D eigenvalue weighted by molar-refractivity contribution is 7.92. The van der Waals surface area contributed by atoms with Gasteiger partial charge in [0.15, 0.2) is 0 Å². The third-order valence-corrected chi connectivity index (χ3v) is 7.61. The van der Waals surface area contributed by atoms with Crippen molar-refractivity contribution in [1.29, 1.82) is 0 Å². The van der Waals surface area contributed by atoms with Gasteiger partial charge in [-0.25, -0.2) is 8.42 Å². The fraction of sp³-hybridized carbons (Fsp3) is 0.231. The lowest BCUT2D eigenvalue weighted by atomic mass is 10.1. The van der Waals surface area contributed by atoms with Crippen molar-refractivity contribution in [1.82, 2.24) is 10.2 Å². The molecule has 2 amide bonds.